The molecular formula is C15H15ClO. The number of ether oxygens (including phenoxy) is 1. The van der Waals surface area contributed by atoms with E-state index in [4.69, 9.17) is 16.3 Å². The van der Waals surface area contributed by atoms with Crippen LogP contribution in [0.3, 0.4) is 0 Å². The zero-order valence-electron chi connectivity index (χ0n) is 9.98. The minimum atomic E-state index is 0.268. The average Bonchev–Trinajstić information content (AvgIpc) is 2.39. The summed E-state index contributed by atoms with van der Waals surface area (Å²) in [6, 6.07) is 16.1. The van der Waals surface area contributed by atoms with Crippen molar-refractivity contribution in [2.75, 3.05) is 7.11 Å². The van der Waals surface area contributed by atoms with E-state index in [-0.39, 0.29) is 5.92 Å². The lowest BCUT2D eigenvalue weighted by atomic mass is 9.92. The zero-order valence-corrected chi connectivity index (χ0v) is 10.7. The van der Waals surface area contributed by atoms with Crippen molar-refractivity contribution >= 4 is 11.6 Å². The molecule has 1 atom stereocenters. The molecule has 1 nitrogen and oxygen atoms in total. The maximum atomic E-state index is 6.05. The van der Waals surface area contributed by atoms with Gasteiger partial charge in [-0.2, -0.15) is 0 Å². The van der Waals surface area contributed by atoms with Gasteiger partial charge in [0.2, 0.25) is 0 Å². The predicted octanol–water partition coefficient (Wildman–Crippen LogP) is 4.50. The summed E-state index contributed by atoms with van der Waals surface area (Å²) in [5.74, 6) is 1.15. The van der Waals surface area contributed by atoms with Gasteiger partial charge in [0.05, 0.1) is 7.11 Å². The molecule has 0 spiro atoms. The highest BCUT2D eigenvalue weighted by molar-refractivity contribution is 6.30. The summed E-state index contributed by atoms with van der Waals surface area (Å²) >= 11 is 6.05. The Bertz CT molecular complexity index is 494. The van der Waals surface area contributed by atoms with Gasteiger partial charge in [-0.3, -0.25) is 0 Å². The van der Waals surface area contributed by atoms with Crippen LogP contribution in [0.4, 0.5) is 0 Å². The first-order chi connectivity index (χ1) is 8.22. The molecule has 0 aliphatic rings. The van der Waals surface area contributed by atoms with Crippen molar-refractivity contribution in [2.24, 2.45) is 0 Å². The Morgan fingerprint density at radius 2 is 1.76 bits per heavy atom. The van der Waals surface area contributed by atoms with Crippen molar-refractivity contribution in [3.63, 3.8) is 0 Å². The minimum Gasteiger partial charge on any atom is -0.496 e. The van der Waals surface area contributed by atoms with Crippen LogP contribution in [0.25, 0.3) is 0 Å². The van der Waals surface area contributed by atoms with Gasteiger partial charge in [-0.05, 0) is 23.8 Å². The number of hydrogen-bond acceptors (Lipinski definition) is 1. The molecule has 0 fully saturated rings. The fourth-order valence-electron chi connectivity index (χ4n) is 1.96. The molecule has 2 heteroatoms. The van der Waals surface area contributed by atoms with Gasteiger partial charge < -0.3 is 4.74 Å². The lowest BCUT2D eigenvalue weighted by molar-refractivity contribution is 0.408. The van der Waals surface area contributed by atoms with Crippen molar-refractivity contribution in [3.8, 4) is 5.75 Å². The molecule has 2 rings (SSSR count). The highest BCUT2D eigenvalue weighted by Gasteiger charge is 2.13. The summed E-state index contributed by atoms with van der Waals surface area (Å²) in [6.07, 6.45) is 0. The molecule has 0 amide bonds. The van der Waals surface area contributed by atoms with Gasteiger partial charge in [0.1, 0.15) is 5.75 Å². The van der Waals surface area contributed by atoms with Crippen LogP contribution in [-0.4, -0.2) is 7.11 Å². The Balaban J connectivity index is 2.43. The lowest BCUT2D eigenvalue weighted by Crippen LogP contribution is -1.99. The van der Waals surface area contributed by atoms with E-state index in [1.165, 1.54) is 5.56 Å². The molecule has 1 unspecified atom stereocenters. The monoisotopic (exact) mass is 246 g/mol. The van der Waals surface area contributed by atoms with Gasteiger partial charge in [-0.1, -0.05) is 48.9 Å². The molecule has 88 valence electrons. The summed E-state index contributed by atoms with van der Waals surface area (Å²) in [6.45, 7) is 2.16. The van der Waals surface area contributed by atoms with Gasteiger partial charge in [0.15, 0.2) is 0 Å². The Morgan fingerprint density at radius 3 is 2.41 bits per heavy atom. The second-order valence-corrected chi connectivity index (χ2v) is 4.46. The zero-order chi connectivity index (χ0) is 12.3. The van der Waals surface area contributed by atoms with E-state index in [1.54, 1.807) is 7.11 Å². The third kappa shape index (κ3) is 2.62. The van der Waals surface area contributed by atoms with E-state index in [1.807, 2.05) is 36.4 Å². The summed E-state index contributed by atoms with van der Waals surface area (Å²) < 4.78 is 5.38. The normalized spacial score (nSPS) is 12.2. The minimum absolute atomic E-state index is 0.268. The SMILES string of the molecule is COc1ccc(Cl)cc1C(C)c1ccccc1. The Kier molecular flexibility index (Phi) is 3.70. The average molecular weight is 247 g/mol. The van der Waals surface area contributed by atoms with Crippen LogP contribution in [0.1, 0.15) is 24.0 Å². The molecule has 0 radical (unpaired) electrons. The second kappa shape index (κ2) is 5.24. The second-order valence-electron chi connectivity index (χ2n) is 4.02. The van der Waals surface area contributed by atoms with Crippen LogP contribution in [0, 0.1) is 0 Å². The first-order valence-corrected chi connectivity index (χ1v) is 5.98. The molecule has 0 aliphatic carbocycles. The van der Waals surface area contributed by atoms with Gasteiger partial charge in [0.25, 0.3) is 0 Å². The van der Waals surface area contributed by atoms with Crippen molar-refractivity contribution in [3.05, 3.63) is 64.7 Å². The van der Waals surface area contributed by atoms with Crippen LogP contribution in [0.15, 0.2) is 48.5 Å². The number of methoxy groups -OCH3 is 1. The topological polar surface area (TPSA) is 9.23 Å². The Labute approximate surface area is 107 Å². The highest BCUT2D eigenvalue weighted by atomic mass is 35.5. The Morgan fingerprint density at radius 1 is 1.06 bits per heavy atom. The summed E-state index contributed by atoms with van der Waals surface area (Å²) in [4.78, 5) is 0. The number of hydrogen-bond donors (Lipinski definition) is 0. The first kappa shape index (κ1) is 12.0. The molecule has 0 N–H and O–H groups in total. The third-order valence-electron chi connectivity index (χ3n) is 2.96. The fraction of sp³-hybridized carbons (Fsp3) is 0.200. The molecular weight excluding hydrogens is 232 g/mol. The molecule has 0 heterocycles. The van der Waals surface area contributed by atoms with Gasteiger partial charge >= 0.3 is 0 Å². The van der Waals surface area contributed by atoms with Gasteiger partial charge in [0, 0.05) is 16.5 Å². The largest absolute Gasteiger partial charge is 0.496 e. The van der Waals surface area contributed by atoms with Gasteiger partial charge in [-0.15, -0.1) is 0 Å². The van der Waals surface area contributed by atoms with Crippen LogP contribution in [0.2, 0.25) is 5.02 Å². The number of benzene rings is 2. The Hall–Kier alpha value is -1.47. The molecule has 0 saturated heterocycles. The maximum Gasteiger partial charge on any atom is 0.122 e. The van der Waals surface area contributed by atoms with E-state index in [2.05, 4.69) is 19.1 Å². The van der Waals surface area contributed by atoms with Gasteiger partial charge in [-0.25, -0.2) is 0 Å². The smallest absolute Gasteiger partial charge is 0.122 e. The summed E-state index contributed by atoms with van der Waals surface area (Å²) in [7, 11) is 1.68. The van der Waals surface area contributed by atoms with Crippen molar-refractivity contribution in [1.29, 1.82) is 0 Å². The standard InChI is InChI=1S/C15H15ClO/c1-11(12-6-4-3-5-7-12)14-10-13(16)8-9-15(14)17-2/h3-11H,1-2H3. The van der Waals surface area contributed by atoms with E-state index in [9.17, 15) is 0 Å². The van der Waals surface area contributed by atoms with E-state index >= 15 is 0 Å². The van der Waals surface area contributed by atoms with Crippen molar-refractivity contribution in [1.82, 2.24) is 0 Å². The van der Waals surface area contributed by atoms with Crippen molar-refractivity contribution < 1.29 is 4.74 Å². The highest BCUT2D eigenvalue weighted by Crippen LogP contribution is 2.33. The van der Waals surface area contributed by atoms with E-state index < -0.39 is 0 Å². The number of rotatable bonds is 3. The number of halogens is 1. The molecule has 2 aromatic rings. The quantitative estimate of drug-likeness (QED) is 0.775. The van der Waals surface area contributed by atoms with Crippen LogP contribution >= 0.6 is 11.6 Å². The molecule has 0 aliphatic heterocycles. The first-order valence-electron chi connectivity index (χ1n) is 5.60. The maximum absolute atomic E-state index is 6.05. The van der Waals surface area contributed by atoms with Crippen LogP contribution in [0.5, 0.6) is 5.75 Å². The fourth-order valence-corrected chi connectivity index (χ4v) is 2.15. The molecule has 0 aromatic heterocycles. The molecule has 17 heavy (non-hydrogen) atoms. The van der Waals surface area contributed by atoms with E-state index in [0.29, 0.717) is 0 Å². The van der Waals surface area contributed by atoms with Crippen LogP contribution in [-0.2, 0) is 0 Å². The lowest BCUT2D eigenvalue weighted by Gasteiger charge is -2.16. The molecule has 2 aromatic carbocycles. The molecule has 0 saturated carbocycles. The van der Waals surface area contributed by atoms with E-state index in [0.717, 1.165) is 16.3 Å². The molecule has 0 bridgehead atoms. The van der Waals surface area contributed by atoms with Crippen LogP contribution < -0.4 is 4.74 Å². The summed E-state index contributed by atoms with van der Waals surface area (Å²) in [5, 5.41) is 0.739. The summed E-state index contributed by atoms with van der Waals surface area (Å²) in [5.41, 5.74) is 2.37. The third-order valence-corrected chi connectivity index (χ3v) is 3.19. The van der Waals surface area contributed by atoms with Crippen molar-refractivity contribution in [2.45, 2.75) is 12.8 Å². The predicted molar refractivity (Wildman–Crippen MR) is 72.0 cm³/mol.